The molecule has 14 nitrogen and oxygen atoms in total. The Labute approximate surface area is 675 Å². The number of benzene rings is 5. The summed E-state index contributed by atoms with van der Waals surface area (Å²) in [6.07, 6.45) is 51.9. The Balaban J connectivity index is 0.00000937. The van der Waals surface area contributed by atoms with Crippen LogP contribution >= 0.6 is 9.42 Å². The molecule has 0 saturated heterocycles. The van der Waals surface area contributed by atoms with E-state index in [4.69, 9.17) is 37.9 Å². The van der Waals surface area contributed by atoms with Crippen molar-refractivity contribution < 1.29 is 75.8 Å². The van der Waals surface area contributed by atoms with Gasteiger partial charge in [0.1, 0.15) is 28.7 Å². The normalized spacial score (nSPS) is 11.0. The Kier molecular flexibility index (Phi) is 47.0. The van der Waals surface area contributed by atoms with E-state index in [0.29, 0.717) is 83.3 Å². The SMILES string of the molecule is CCCCCCCCCCCCOc1cc(C(=O)Oc2ccc(OC(=O)c3ccc(-c4[c-]c(-c5ccc(C(=O)Oc6ccc(OC(=O)c7cc(OCCCCCCCCCCCC)c(OCCCCCCCCCCCC)c(OCCCCCCCCCCCC)c7)cc6)cn5)ccc4)nc3)cc2)cc(C)c1C.[Cl][Pt+]. The fraction of sp³-hybridized carbons (Fsp3) is 0.532. The second-order valence-corrected chi connectivity index (χ2v) is 29.2. The van der Waals surface area contributed by atoms with Gasteiger partial charge in [-0.3, -0.25) is 9.97 Å². The van der Waals surface area contributed by atoms with Gasteiger partial charge in [-0.2, -0.15) is 0 Å². The zero-order chi connectivity index (χ0) is 78.4. The third kappa shape index (κ3) is 35.9. The number of nitrogens with zero attached hydrogens (tertiary/aromatic N) is 2. The summed E-state index contributed by atoms with van der Waals surface area (Å²) >= 11 is 1.61. The van der Waals surface area contributed by atoms with Crippen LogP contribution in [-0.4, -0.2) is 60.3 Å². The number of hydrogen-bond donors (Lipinski definition) is 0. The molecule has 0 radical (unpaired) electrons. The van der Waals surface area contributed by atoms with Crippen molar-refractivity contribution in [3.8, 4) is 68.5 Å². The fourth-order valence-corrected chi connectivity index (χ4v) is 13.2. The van der Waals surface area contributed by atoms with E-state index in [2.05, 4.69) is 53.1 Å². The number of esters is 4. The number of aromatic nitrogens is 2. The number of carbonyl (C=O) groups is 4. The molecule has 0 atom stereocenters. The molecule has 0 saturated carbocycles. The van der Waals surface area contributed by atoms with Gasteiger partial charge in [-0.05, 0) is 123 Å². The number of rotatable bonds is 58. The van der Waals surface area contributed by atoms with Crippen LogP contribution in [0.5, 0.6) is 46.0 Å². The Hall–Kier alpha value is -7.54. The average Bonchev–Trinajstić information content (AvgIpc) is 0.820. The van der Waals surface area contributed by atoms with Crippen LogP contribution in [0.15, 0.2) is 128 Å². The minimum absolute atomic E-state index is 0.226. The molecule has 0 unspecified atom stereocenters. The van der Waals surface area contributed by atoms with Gasteiger partial charge in [0.2, 0.25) is 5.75 Å². The molecule has 0 fully saturated rings. The first-order chi connectivity index (χ1) is 54.0. The summed E-state index contributed by atoms with van der Waals surface area (Å²) in [6, 6.07) is 35.3. The number of aryl methyl sites for hydroxylation is 1. The summed E-state index contributed by atoms with van der Waals surface area (Å²) in [5.41, 5.74) is 5.51. The van der Waals surface area contributed by atoms with Gasteiger partial charge in [0, 0.05) is 23.8 Å². The molecule has 110 heavy (non-hydrogen) atoms. The van der Waals surface area contributed by atoms with Crippen LogP contribution in [0.3, 0.4) is 0 Å². The second-order valence-electron chi connectivity index (χ2n) is 29.2. The Morgan fingerprint density at radius 2 is 0.582 bits per heavy atom. The monoisotopic (exact) mass is 1710 g/mol. The maximum absolute atomic E-state index is 14.2. The molecule has 0 amide bonds. The summed E-state index contributed by atoms with van der Waals surface area (Å²) in [7, 11) is 4.61. The number of halogens is 1. The Morgan fingerprint density at radius 3 is 0.882 bits per heavy atom. The van der Waals surface area contributed by atoms with Crippen molar-refractivity contribution in [1.82, 2.24) is 9.97 Å². The first-order valence-corrected chi connectivity index (χ1v) is 44.7. The van der Waals surface area contributed by atoms with Gasteiger partial charge >= 0.3 is 52.1 Å². The Bertz CT molecular complexity index is 3630. The predicted molar refractivity (Wildman–Crippen MR) is 442 cm³/mol. The number of unbranched alkanes of at least 4 members (excludes halogenated alkanes) is 36. The van der Waals surface area contributed by atoms with E-state index in [0.717, 1.165) is 75.3 Å². The summed E-state index contributed by atoms with van der Waals surface area (Å²) < 4.78 is 49.0. The van der Waals surface area contributed by atoms with Gasteiger partial charge in [0.25, 0.3) is 0 Å². The van der Waals surface area contributed by atoms with Gasteiger partial charge in [-0.15, -0.1) is 24.3 Å². The zero-order valence-electron chi connectivity index (χ0n) is 67.2. The predicted octanol–water partition coefficient (Wildman–Crippen LogP) is 27.0. The molecule has 602 valence electrons. The topological polar surface area (TPSA) is 168 Å². The van der Waals surface area contributed by atoms with Crippen molar-refractivity contribution in [2.24, 2.45) is 0 Å². The molecule has 2 heterocycles. The van der Waals surface area contributed by atoms with E-state index in [1.54, 1.807) is 116 Å². The third-order valence-corrected chi connectivity index (χ3v) is 20.0. The standard InChI is InChI=1S/C94H127N2O12.ClH.Pt/c1-7-11-15-19-23-27-31-35-39-43-62-101-87-68-79(66-73(5)74(87)6)93(99)107-83-56-52-81(53-57-83)105-91(97)77-50-60-85(95-71-77)75-48-47-49-76(67-75)86-61-51-78(72-96-86)92(98)106-82-54-58-84(59-55-82)108-94(100)80-69-88(102-63-44-40-36-32-28-24-20-16-12-8-2)90(104-65-46-42-38-34-30-26-22-18-14-10-4)89(70-80)103-64-45-41-37-33-29-25-21-17-13-9-3;;/h47-61,66,68-72H,7-46,62-65H2,1-6H3;1H;/q-1;;+2/p-1. The molecule has 7 rings (SSSR count). The number of carbonyl (C=O) groups excluding carboxylic acids is 4. The molecule has 0 spiro atoms. The molecule has 0 aliphatic heterocycles. The third-order valence-electron chi connectivity index (χ3n) is 20.0. The van der Waals surface area contributed by atoms with Crippen LogP contribution in [0, 0.1) is 19.9 Å². The molecule has 0 aliphatic rings. The van der Waals surface area contributed by atoms with E-state index in [1.165, 1.54) is 205 Å². The van der Waals surface area contributed by atoms with Crippen LogP contribution in [-0.2, 0) is 18.8 Å². The number of pyridine rings is 2. The molecule has 16 heteroatoms. The second kappa shape index (κ2) is 56.6. The molecular formula is C94H127ClN2O12Pt. The van der Waals surface area contributed by atoms with Crippen molar-refractivity contribution in [3.05, 3.63) is 167 Å². The van der Waals surface area contributed by atoms with Gasteiger partial charge in [-0.1, -0.05) is 294 Å². The first-order valence-electron chi connectivity index (χ1n) is 41.9. The van der Waals surface area contributed by atoms with Crippen molar-refractivity contribution in [1.29, 1.82) is 0 Å². The minimum atomic E-state index is -0.619. The van der Waals surface area contributed by atoms with E-state index in [-0.39, 0.29) is 33.9 Å². The Morgan fingerprint density at radius 1 is 0.318 bits per heavy atom. The van der Waals surface area contributed by atoms with Crippen molar-refractivity contribution in [2.45, 2.75) is 298 Å². The maximum atomic E-state index is 14.2. The van der Waals surface area contributed by atoms with Crippen LogP contribution in [0.2, 0.25) is 0 Å². The van der Waals surface area contributed by atoms with Crippen molar-refractivity contribution >= 4 is 33.3 Å². The van der Waals surface area contributed by atoms with E-state index < -0.39 is 23.9 Å². The van der Waals surface area contributed by atoms with E-state index in [9.17, 15) is 19.2 Å². The van der Waals surface area contributed by atoms with Gasteiger partial charge in [0.05, 0.1) is 48.7 Å². The van der Waals surface area contributed by atoms with Gasteiger partial charge in [-0.25, -0.2) is 19.2 Å². The quantitative estimate of drug-likeness (QED) is 0.0153. The van der Waals surface area contributed by atoms with Crippen molar-refractivity contribution in [2.75, 3.05) is 26.4 Å². The number of ether oxygens (including phenoxy) is 8. The molecule has 0 N–H and O–H groups in total. The molecule has 0 bridgehead atoms. The van der Waals surface area contributed by atoms with E-state index >= 15 is 0 Å². The molecule has 0 aliphatic carbocycles. The van der Waals surface area contributed by atoms with E-state index in [1.807, 2.05) is 32.0 Å². The fourth-order valence-electron chi connectivity index (χ4n) is 13.2. The summed E-state index contributed by atoms with van der Waals surface area (Å²) in [5.74, 6) is 0.943. The van der Waals surface area contributed by atoms with Crippen LogP contribution in [0.25, 0.3) is 22.5 Å². The molecule has 5 aromatic carbocycles. The van der Waals surface area contributed by atoms with Crippen LogP contribution < -0.4 is 37.9 Å². The first kappa shape index (κ1) is 91.3. The molecule has 7 aromatic rings. The number of hydrogen-bond acceptors (Lipinski definition) is 14. The molecule has 2 aromatic heterocycles. The van der Waals surface area contributed by atoms with Crippen LogP contribution in [0.1, 0.15) is 337 Å². The zero-order valence-corrected chi connectivity index (χ0v) is 70.3. The van der Waals surface area contributed by atoms with Crippen molar-refractivity contribution in [3.63, 3.8) is 0 Å². The van der Waals surface area contributed by atoms with Crippen LogP contribution in [0.4, 0.5) is 0 Å². The molecular weight excluding hydrogens is 1580 g/mol. The van der Waals surface area contributed by atoms with Gasteiger partial charge in [0.15, 0.2) is 11.5 Å². The summed E-state index contributed by atoms with van der Waals surface area (Å²) in [6.45, 7) is 15.1. The van der Waals surface area contributed by atoms with Gasteiger partial charge < -0.3 is 37.9 Å². The summed E-state index contributed by atoms with van der Waals surface area (Å²) in [4.78, 5) is 63.5. The summed E-state index contributed by atoms with van der Waals surface area (Å²) in [5, 5.41) is 0. The average molecular weight is 1710 g/mol.